The lowest BCUT2D eigenvalue weighted by Gasteiger charge is -2.05. The number of hydrogen-bond donors (Lipinski definition) is 0. The van der Waals surface area contributed by atoms with Crippen LogP contribution >= 0.6 is 45.2 Å². The summed E-state index contributed by atoms with van der Waals surface area (Å²) in [5.41, 5.74) is 3.74. The molecule has 0 aliphatic rings. The molecular weight excluding hydrogens is 470 g/mol. The lowest BCUT2D eigenvalue weighted by atomic mass is 10.4. The molecule has 0 amide bonds. The van der Waals surface area contributed by atoms with E-state index in [0.717, 1.165) is 29.9 Å². The minimum atomic E-state index is -0.0643. The molecule has 2 rings (SSSR count). The summed E-state index contributed by atoms with van der Waals surface area (Å²) in [6, 6.07) is 0. The number of hydrogen-bond acceptors (Lipinski definition) is 3. The van der Waals surface area contributed by atoms with Crippen molar-refractivity contribution in [3.63, 3.8) is 0 Å². The largest absolute Gasteiger partial charge is 0.270 e. The second-order valence-electron chi connectivity index (χ2n) is 4.43. The van der Waals surface area contributed by atoms with Crippen LogP contribution in [0.5, 0.6) is 0 Å². The highest BCUT2D eigenvalue weighted by Crippen LogP contribution is 2.17. The molecule has 0 saturated heterocycles. The molecule has 7 heteroatoms. The molecule has 0 bridgehead atoms. The maximum Gasteiger partial charge on any atom is 0.268 e. The van der Waals surface area contributed by atoms with E-state index in [-0.39, 0.29) is 12.5 Å². The molecule has 2 aromatic heterocycles. The van der Waals surface area contributed by atoms with Crippen LogP contribution in [0.4, 0.5) is 0 Å². The summed E-state index contributed by atoms with van der Waals surface area (Å²) in [4.78, 5) is 12.3. The SMILES string of the molecule is Cc1nn(CC(=O)n2nc(C)c(I)c2C)c(C)c1I. The van der Waals surface area contributed by atoms with Gasteiger partial charge in [-0.15, -0.1) is 0 Å². The Bertz CT molecular complexity index is 657. The van der Waals surface area contributed by atoms with Crippen LogP contribution in [0.15, 0.2) is 0 Å². The van der Waals surface area contributed by atoms with Gasteiger partial charge in [-0.25, -0.2) is 4.68 Å². The van der Waals surface area contributed by atoms with Crippen molar-refractivity contribution in [1.29, 1.82) is 0 Å². The maximum absolute atomic E-state index is 12.3. The molecule has 0 aromatic carbocycles. The minimum absolute atomic E-state index is 0.0643. The summed E-state index contributed by atoms with van der Waals surface area (Å²) in [7, 11) is 0. The molecule has 0 saturated carbocycles. The van der Waals surface area contributed by atoms with Crippen molar-refractivity contribution < 1.29 is 4.79 Å². The van der Waals surface area contributed by atoms with E-state index in [2.05, 4.69) is 55.4 Å². The lowest BCUT2D eigenvalue weighted by molar-refractivity contribution is 0.0866. The minimum Gasteiger partial charge on any atom is -0.270 e. The van der Waals surface area contributed by atoms with Gasteiger partial charge in [0.1, 0.15) is 6.54 Å². The molecule has 0 fully saturated rings. The second-order valence-corrected chi connectivity index (χ2v) is 6.59. The summed E-state index contributed by atoms with van der Waals surface area (Å²) in [6.07, 6.45) is 0. The highest BCUT2D eigenvalue weighted by Gasteiger charge is 2.17. The van der Waals surface area contributed by atoms with Crippen LogP contribution in [0.1, 0.15) is 27.6 Å². The van der Waals surface area contributed by atoms with Crippen LogP contribution in [0.25, 0.3) is 0 Å². The van der Waals surface area contributed by atoms with Gasteiger partial charge in [-0.3, -0.25) is 9.48 Å². The molecule has 0 N–H and O–H groups in total. The molecule has 0 atom stereocenters. The zero-order valence-corrected chi connectivity index (χ0v) is 15.5. The Hall–Kier alpha value is -0.450. The third-order valence-corrected chi connectivity index (χ3v) is 6.14. The smallest absolute Gasteiger partial charge is 0.268 e. The maximum atomic E-state index is 12.3. The fourth-order valence-electron chi connectivity index (χ4n) is 1.89. The lowest BCUT2D eigenvalue weighted by Crippen LogP contribution is -2.21. The zero-order chi connectivity index (χ0) is 14.3. The summed E-state index contributed by atoms with van der Waals surface area (Å²) in [6.45, 7) is 7.95. The van der Waals surface area contributed by atoms with E-state index in [1.54, 1.807) is 4.68 Å². The van der Waals surface area contributed by atoms with Crippen LogP contribution < -0.4 is 0 Å². The predicted molar refractivity (Wildman–Crippen MR) is 89.5 cm³/mol. The third kappa shape index (κ3) is 2.71. The van der Waals surface area contributed by atoms with E-state index in [9.17, 15) is 4.79 Å². The molecule has 0 spiro atoms. The van der Waals surface area contributed by atoms with Gasteiger partial charge in [-0.1, -0.05) is 0 Å². The van der Waals surface area contributed by atoms with Gasteiger partial charge < -0.3 is 0 Å². The van der Waals surface area contributed by atoms with E-state index >= 15 is 0 Å². The first-order chi connectivity index (χ1) is 8.82. The van der Waals surface area contributed by atoms with Crippen molar-refractivity contribution in [2.75, 3.05) is 0 Å². The number of halogens is 2. The molecule has 0 radical (unpaired) electrons. The number of rotatable bonds is 2. The molecule has 19 heavy (non-hydrogen) atoms. The molecule has 102 valence electrons. The van der Waals surface area contributed by atoms with Crippen LogP contribution in [0, 0.1) is 34.8 Å². The topological polar surface area (TPSA) is 52.7 Å². The fourth-order valence-corrected chi connectivity index (χ4v) is 2.61. The Morgan fingerprint density at radius 2 is 1.53 bits per heavy atom. The van der Waals surface area contributed by atoms with E-state index in [1.807, 2.05) is 27.7 Å². The molecule has 2 aromatic rings. The first-order valence-corrected chi connectivity index (χ1v) is 7.93. The predicted octanol–water partition coefficient (Wildman–Crippen LogP) is 2.86. The number of aryl methyl sites for hydroxylation is 2. The quantitative estimate of drug-likeness (QED) is 0.617. The van der Waals surface area contributed by atoms with Crippen molar-refractivity contribution >= 4 is 51.1 Å². The monoisotopic (exact) mass is 484 g/mol. The Morgan fingerprint density at radius 3 is 1.95 bits per heavy atom. The summed E-state index contributed by atoms with van der Waals surface area (Å²) in [5, 5.41) is 8.66. The van der Waals surface area contributed by atoms with Crippen molar-refractivity contribution in [2.24, 2.45) is 0 Å². The van der Waals surface area contributed by atoms with Gasteiger partial charge >= 0.3 is 0 Å². The molecular formula is C12H14I2N4O. The first-order valence-electron chi connectivity index (χ1n) is 5.77. The summed E-state index contributed by atoms with van der Waals surface area (Å²) in [5.74, 6) is -0.0643. The van der Waals surface area contributed by atoms with Gasteiger partial charge in [0.15, 0.2) is 0 Å². The third-order valence-electron chi connectivity index (χ3n) is 3.02. The molecule has 0 unspecified atom stereocenters. The van der Waals surface area contributed by atoms with E-state index in [0.29, 0.717) is 0 Å². The van der Waals surface area contributed by atoms with Crippen LogP contribution in [-0.4, -0.2) is 25.5 Å². The highest BCUT2D eigenvalue weighted by molar-refractivity contribution is 14.1. The summed E-state index contributed by atoms with van der Waals surface area (Å²) >= 11 is 4.46. The molecule has 0 aliphatic carbocycles. The van der Waals surface area contributed by atoms with E-state index in [1.165, 1.54) is 4.68 Å². The van der Waals surface area contributed by atoms with Crippen LogP contribution in [-0.2, 0) is 6.54 Å². The van der Waals surface area contributed by atoms with Crippen molar-refractivity contribution in [3.05, 3.63) is 29.9 Å². The average Bonchev–Trinajstić information content (AvgIpc) is 2.75. The van der Waals surface area contributed by atoms with Crippen molar-refractivity contribution in [2.45, 2.75) is 34.2 Å². The van der Waals surface area contributed by atoms with Gasteiger partial charge in [0.25, 0.3) is 5.91 Å². The van der Waals surface area contributed by atoms with Gasteiger partial charge in [-0.05, 0) is 72.9 Å². The molecule has 0 aliphatic heterocycles. The van der Waals surface area contributed by atoms with Gasteiger partial charge in [0.05, 0.1) is 24.2 Å². The Kier molecular flexibility index (Phi) is 4.33. The van der Waals surface area contributed by atoms with Crippen molar-refractivity contribution in [3.8, 4) is 0 Å². The average molecular weight is 484 g/mol. The van der Waals surface area contributed by atoms with E-state index in [4.69, 9.17) is 0 Å². The van der Waals surface area contributed by atoms with Gasteiger partial charge in [-0.2, -0.15) is 10.2 Å². The number of carbonyl (C=O) groups is 1. The molecule has 2 heterocycles. The number of aromatic nitrogens is 4. The van der Waals surface area contributed by atoms with Crippen LogP contribution in [0.2, 0.25) is 0 Å². The first kappa shape index (κ1) is 14.9. The van der Waals surface area contributed by atoms with Gasteiger partial charge in [0, 0.05) is 5.69 Å². The molecule has 5 nitrogen and oxygen atoms in total. The zero-order valence-electron chi connectivity index (χ0n) is 11.2. The number of carbonyl (C=O) groups excluding carboxylic acids is 1. The Labute approximate surface area is 139 Å². The highest BCUT2D eigenvalue weighted by atomic mass is 127. The van der Waals surface area contributed by atoms with E-state index < -0.39 is 0 Å². The summed E-state index contributed by atoms with van der Waals surface area (Å²) < 4.78 is 5.35. The Morgan fingerprint density at radius 1 is 1.00 bits per heavy atom. The van der Waals surface area contributed by atoms with Crippen molar-refractivity contribution in [1.82, 2.24) is 19.6 Å². The second kappa shape index (κ2) is 5.51. The standard InChI is InChI=1S/C12H14I2N4O/c1-6-11(13)8(3)17(15-6)5-10(19)18-9(4)12(14)7(2)16-18/h5H2,1-4H3. The van der Waals surface area contributed by atoms with Gasteiger partial charge in [0.2, 0.25) is 0 Å². The fraction of sp³-hybridized carbons (Fsp3) is 0.417. The Balaban J connectivity index is 2.31. The van der Waals surface area contributed by atoms with Crippen LogP contribution in [0.3, 0.4) is 0 Å². The normalized spacial score (nSPS) is 11.1. The number of nitrogens with zero attached hydrogens (tertiary/aromatic N) is 4.